The van der Waals surface area contributed by atoms with E-state index in [0.29, 0.717) is 18.4 Å². The van der Waals surface area contributed by atoms with Crippen molar-refractivity contribution in [2.45, 2.75) is 53.0 Å². The number of amides is 1. The molecule has 1 amide bonds. The minimum Gasteiger partial charge on any atom is -0.483 e. The first-order chi connectivity index (χ1) is 7.31. The van der Waals surface area contributed by atoms with Crippen LogP contribution in [0, 0.1) is 5.41 Å². The van der Waals surface area contributed by atoms with Gasteiger partial charge in [0.05, 0.1) is 0 Å². The molecule has 1 rings (SSSR count). The van der Waals surface area contributed by atoms with Crippen LogP contribution >= 0.6 is 0 Å². The van der Waals surface area contributed by atoms with E-state index in [1.165, 1.54) is 12.8 Å². The third-order valence-electron chi connectivity index (χ3n) is 2.55. The van der Waals surface area contributed by atoms with Gasteiger partial charge < -0.3 is 10.0 Å². The lowest BCUT2D eigenvalue weighted by Crippen LogP contribution is -2.35. The van der Waals surface area contributed by atoms with Gasteiger partial charge in [-0.3, -0.25) is 9.59 Å². The van der Waals surface area contributed by atoms with E-state index in [0.717, 1.165) is 6.54 Å². The third-order valence-corrected chi connectivity index (χ3v) is 2.55. The molecule has 0 saturated carbocycles. The Hall–Kier alpha value is -1.06. The Morgan fingerprint density at radius 2 is 2.00 bits per heavy atom. The minimum absolute atomic E-state index is 0.124. The Bertz CT molecular complexity index is 233. The Balaban J connectivity index is 0.000000673. The first kappa shape index (κ1) is 14.9. The lowest BCUT2D eigenvalue weighted by atomic mass is 9.91. The lowest BCUT2D eigenvalue weighted by molar-refractivity contribution is -0.133. The fourth-order valence-electron chi connectivity index (χ4n) is 1.86. The molecule has 0 aliphatic carbocycles. The molecule has 4 heteroatoms. The summed E-state index contributed by atoms with van der Waals surface area (Å²) in [6.45, 7) is 9.21. The van der Waals surface area contributed by atoms with Gasteiger partial charge in [-0.15, -0.1) is 0 Å². The summed E-state index contributed by atoms with van der Waals surface area (Å²) in [4.78, 5) is 22.2. The highest BCUT2D eigenvalue weighted by molar-refractivity contribution is 5.77. The number of likely N-dealkylation sites (tertiary alicyclic amines) is 1. The molecule has 1 aliphatic heterocycles. The van der Waals surface area contributed by atoms with Crippen LogP contribution in [-0.4, -0.2) is 35.0 Å². The molecule has 0 radical (unpaired) electrons. The van der Waals surface area contributed by atoms with Crippen LogP contribution in [0.25, 0.3) is 0 Å². The predicted octanol–water partition coefficient (Wildman–Crippen LogP) is 2.13. The average molecular weight is 229 g/mol. The summed E-state index contributed by atoms with van der Waals surface area (Å²) in [5.41, 5.74) is 0.124. The van der Waals surface area contributed by atoms with Gasteiger partial charge in [0.2, 0.25) is 5.91 Å². The number of carboxylic acid groups (broad SMARTS) is 1. The molecule has 1 fully saturated rings. The van der Waals surface area contributed by atoms with Gasteiger partial charge in [-0.25, -0.2) is 0 Å². The van der Waals surface area contributed by atoms with Gasteiger partial charge in [0.15, 0.2) is 0 Å². The van der Waals surface area contributed by atoms with Crippen molar-refractivity contribution in [3.8, 4) is 0 Å². The average Bonchev–Trinajstić information content (AvgIpc) is 2.49. The molecule has 94 valence electrons. The molecule has 0 bridgehead atoms. The van der Waals surface area contributed by atoms with E-state index >= 15 is 0 Å². The molecule has 16 heavy (non-hydrogen) atoms. The SMILES string of the molecule is CC1CCCN1C(=O)CC(C)(C)C.O=CO. The molecular formula is C12H23NO3. The zero-order valence-electron chi connectivity index (χ0n) is 10.7. The number of hydrogen-bond acceptors (Lipinski definition) is 2. The van der Waals surface area contributed by atoms with Crippen molar-refractivity contribution in [2.24, 2.45) is 5.41 Å². The topological polar surface area (TPSA) is 57.6 Å². The van der Waals surface area contributed by atoms with Crippen molar-refractivity contribution in [2.75, 3.05) is 6.54 Å². The fraction of sp³-hybridized carbons (Fsp3) is 0.833. The molecule has 1 heterocycles. The van der Waals surface area contributed by atoms with Crippen LogP contribution in [0.15, 0.2) is 0 Å². The van der Waals surface area contributed by atoms with Crippen molar-refractivity contribution in [1.82, 2.24) is 4.90 Å². The van der Waals surface area contributed by atoms with E-state index in [-0.39, 0.29) is 11.9 Å². The van der Waals surface area contributed by atoms with Crippen LogP contribution in [0.1, 0.15) is 47.0 Å². The minimum atomic E-state index is -0.250. The maximum absolute atomic E-state index is 11.8. The number of nitrogens with zero attached hydrogens (tertiary/aromatic N) is 1. The zero-order chi connectivity index (χ0) is 12.8. The first-order valence-corrected chi connectivity index (χ1v) is 5.69. The van der Waals surface area contributed by atoms with Crippen LogP contribution < -0.4 is 0 Å². The van der Waals surface area contributed by atoms with Crippen LogP contribution in [0.5, 0.6) is 0 Å². The van der Waals surface area contributed by atoms with Gasteiger partial charge >= 0.3 is 0 Å². The van der Waals surface area contributed by atoms with Crippen LogP contribution in [0.3, 0.4) is 0 Å². The summed E-state index contributed by atoms with van der Waals surface area (Å²) < 4.78 is 0. The Morgan fingerprint density at radius 1 is 1.50 bits per heavy atom. The summed E-state index contributed by atoms with van der Waals surface area (Å²) in [7, 11) is 0. The predicted molar refractivity (Wildman–Crippen MR) is 63.2 cm³/mol. The number of hydrogen-bond donors (Lipinski definition) is 1. The molecule has 1 atom stereocenters. The normalized spacial score (nSPS) is 20.0. The molecule has 1 aliphatic rings. The van der Waals surface area contributed by atoms with Crippen molar-refractivity contribution in [3.05, 3.63) is 0 Å². The second-order valence-corrected chi connectivity index (χ2v) is 5.42. The van der Waals surface area contributed by atoms with E-state index < -0.39 is 0 Å². The summed E-state index contributed by atoms with van der Waals surface area (Å²) in [6, 6.07) is 0.467. The van der Waals surface area contributed by atoms with Crippen LogP contribution in [0.2, 0.25) is 0 Å². The maximum atomic E-state index is 11.8. The second-order valence-electron chi connectivity index (χ2n) is 5.42. The quantitative estimate of drug-likeness (QED) is 0.701. The van der Waals surface area contributed by atoms with E-state index in [2.05, 4.69) is 27.7 Å². The second kappa shape index (κ2) is 6.51. The molecule has 1 unspecified atom stereocenters. The smallest absolute Gasteiger partial charge is 0.290 e. The Morgan fingerprint density at radius 3 is 2.31 bits per heavy atom. The van der Waals surface area contributed by atoms with Gasteiger partial charge in [-0.2, -0.15) is 0 Å². The van der Waals surface area contributed by atoms with Gasteiger partial charge in [0.1, 0.15) is 0 Å². The molecule has 4 nitrogen and oxygen atoms in total. The third kappa shape index (κ3) is 5.73. The molecule has 0 aromatic carbocycles. The van der Waals surface area contributed by atoms with Crippen LogP contribution in [-0.2, 0) is 9.59 Å². The van der Waals surface area contributed by atoms with E-state index in [1.807, 2.05) is 4.90 Å². The highest BCUT2D eigenvalue weighted by Crippen LogP contribution is 2.24. The van der Waals surface area contributed by atoms with Crippen LogP contribution in [0.4, 0.5) is 0 Å². The summed E-state index contributed by atoms with van der Waals surface area (Å²) in [5, 5.41) is 6.89. The fourth-order valence-corrected chi connectivity index (χ4v) is 1.86. The maximum Gasteiger partial charge on any atom is 0.290 e. The number of carbonyl (C=O) groups excluding carboxylic acids is 1. The summed E-state index contributed by atoms with van der Waals surface area (Å²) in [5.74, 6) is 0.331. The monoisotopic (exact) mass is 229 g/mol. The van der Waals surface area contributed by atoms with E-state index in [4.69, 9.17) is 9.90 Å². The van der Waals surface area contributed by atoms with Gasteiger partial charge in [-0.05, 0) is 25.2 Å². The van der Waals surface area contributed by atoms with Gasteiger partial charge in [0.25, 0.3) is 6.47 Å². The lowest BCUT2D eigenvalue weighted by Gasteiger charge is -2.26. The van der Waals surface area contributed by atoms with Crippen molar-refractivity contribution < 1.29 is 14.7 Å². The summed E-state index contributed by atoms with van der Waals surface area (Å²) in [6.07, 6.45) is 3.03. The van der Waals surface area contributed by atoms with Crippen molar-refractivity contribution >= 4 is 12.4 Å². The highest BCUT2D eigenvalue weighted by atomic mass is 16.3. The van der Waals surface area contributed by atoms with Crippen molar-refractivity contribution in [3.63, 3.8) is 0 Å². The molecule has 1 N–H and O–H groups in total. The Labute approximate surface area is 97.6 Å². The molecule has 0 aromatic heterocycles. The Kier molecular flexibility index (Phi) is 6.08. The first-order valence-electron chi connectivity index (χ1n) is 5.69. The molecule has 0 spiro atoms. The molecular weight excluding hydrogens is 206 g/mol. The number of carbonyl (C=O) groups is 2. The standard InChI is InChI=1S/C11H21NO.CH2O2/c1-9-6-5-7-12(9)10(13)8-11(2,3)4;2-1-3/h9H,5-8H2,1-4H3;1H,(H,2,3). The van der Waals surface area contributed by atoms with Gasteiger partial charge in [0, 0.05) is 19.0 Å². The molecule has 1 saturated heterocycles. The highest BCUT2D eigenvalue weighted by Gasteiger charge is 2.27. The largest absolute Gasteiger partial charge is 0.483 e. The van der Waals surface area contributed by atoms with Crippen molar-refractivity contribution in [1.29, 1.82) is 0 Å². The zero-order valence-corrected chi connectivity index (χ0v) is 10.7. The summed E-state index contributed by atoms with van der Waals surface area (Å²) >= 11 is 0. The van der Waals surface area contributed by atoms with E-state index in [9.17, 15) is 4.79 Å². The molecule has 0 aromatic rings. The van der Waals surface area contributed by atoms with E-state index in [1.54, 1.807) is 0 Å². The number of rotatable bonds is 1. The van der Waals surface area contributed by atoms with Gasteiger partial charge in [-0.1, -0.05) is 20.8 Å².